The monoisotopic (exact) mass is 290 g/mol. The van der Waals surface area contributed by atoms with Gasteiger partial charge in [-0.05, 0) is 80.0 Å². The molecule has 0 nitrogen and oxygen atoms in total. The summed E-state index contributed by atoms with van der Waals surface area (Å²) >= 11 is 0. The maximum absolute atomic E-state index is 2.50. The average Bonchev–Trinajstić information content (AvgIpc) is 2.43. The molecular weight excluding hydrogens is 252 g/mol. The van der Waals surface area contributed by atoms with Crippen molar-refractivity contribution in [3.8, 4) is 0 Å². The van der Waals surface area contributed by atoms with Gasteiger partial charge in [-0.15, -0.1) is 0 Å². The number of rotatable bonds is 4. The van der Waals surface area contributed by atoms with Crippen LogP contribution >= 0.6 is 0 Å². The highest BCUT2D eigenvalue weighted by Gasteiger charge is 2.38. The van der Waals surface area contributed by atoms with Gasteiger partial charge in [0.1, 0.15) is 0 Å². The highest BCUT2D eigenvalue weighted by atomic mass is 14.4. The Balaban J connectivity index is 1.49. The maximum atomic E-state index is 2.50. The van der Waals surface area contributed by atoms with E-state index in [1.807, 2.05) is 0 Å². The van der Waals surface area contributed by atoms with Crippen molar-refractivity contribution in [2.75, 3.05) is 0 Å². The molecule has 3 aliphatic carbocycles. The van der Waals surface area contributed by atoms with Crippen LogP contribution in [-0.4, -0.2) is 0 Å². The molecule has 0 aromatic heterocycles. The Kier molecular flexibility index (Phi) is 5.33. The standard InChI is InChI=1S/C21H38/c1-15(2)21(19-5-4-6-19)20-13-11-18(12-14-20)17-9-7-16(3)8-10-17/h15-21H,4-14H2,1-3H3. The van der Waals surface area contributed by atoms with Gasteiger partial charge >= 0.3 is 0 Å². The van der Waals surface area contributed by atoms with Gasteiger partial charge in [0.25, 0.3) is 0 Å². The van der Waals surface area contributed by atoms with E-state index in [0.29, 0.717) is 0 Å². The van der Waals surface area contributed by atoms with Crippen molar-refractivity contribution >= 4 is 0 Å². The Morgan fingerprint density at radius 3 is 1.52 bits per heavy atom. The molecule has 0 heteroatoms. The third-order valence-corrected chi connectivity index (χ3v) is 7.55. The second kappa shape index (κ2) is 7.05. The van der Waals surface area contributed by atoms with Crippen LogP contribution in [0.15, 0.2) is 0 Å². The Bertz CT molecular complexity index is 298. The molecular formula is C21H38. The van der Waals surface area contributed by atoms with Crippen molar-refractivity contribution in [1.29, 1.82) is 0 Å². The van der Waals surface area contributed by atoms with E-state index in [4.69, 9.17) is 0 Å². The summed E-state index contributed by atoms with van der Waals surface area (Å²) in [5, 5.41) is 0. The van der Waals surface area contributed by atoms with Gasteiger partial charge in [-0.1, -0.05) is 52.9 Å². The van der Waals surface area contributed by atoms with Crippen LogP contribution in [0.4, 0.5) is 0 Å². The third-order valence-electron chi connectivity index (χ3n) is 7.55. The molecule has 0 aliphatic heterocycles. The van der Waals surface area contributed by atoms with Gasteiger partial charge in [0.2, 0.25) is 0 Å². The second-order valence-electron chi connectivity index (χ2n) is 9.21. The fourth-order valence-corrected chi connectivity index (χ4v) is 6.06. The molecule has 21 heavy (non-hydrogen) atoms. The SMILES string of the molecule is CC1CCC(C2CCC(C(C(C)C)C3CCC3)CC2)CC1. The van der Waals surface area contributed by atoms with E-state index in [1.165, 1.54) is 19.3 Å². The quantitative estimate of drug-likeness (QED) is 0.541. The lowest BCUT2D eigenvalue weighted by Gasteiger charge is -2.45. The molecule has 3 rings (SSSR count). The molecule has 1 unspecified atom stereocenters. The molecule has 0 aromatic rings. The van der Waals surface area contributed by atoms with Gasteiger partial charge < -0.3 is 0 Å². The van der Waals surface area contributed by atoms with Gasteiger partial charge in [-0.2, -0.15) is 0 Å². The molecule has 0 amide bonds. The molecule has 0 aromatic carbocycles. The molecule has 3 saturated carbocycles. The smallest absolute Gasteiger partial charge is 0.0334 e. The summed E-state index contributed by atoms with van der Waals surface area (Å²) in [6, 6.07) is 0. The highest BCUT2D eigenvalue weighted by molar-refractivity contribution is 4.88. The van der Waals surface area contributed by atoms with E-state index in [1.54, 1.807) is 51.4 Å². The first kappa shape index (κ1) is 15.9. The van der Waals surface area contributed by atoms with Crippen molar-refractivity contribution in [1.82, 2.24) is 0 Å². The molecule has 122 valence electrons. The van der Waals surface area contributed by atoms with E-state index >= 15 is 0 Å². The molecule has 3 fully saturated rings. The first-order valence-electron chi connectivity index (χ1n) is 10.1. The van der Waals surface area contributed by atoms with Crippen LogP contribution in [0.25, 0.3) is 0 Å². The van der Waals surface area contributed by atoms with Crippen LogP contribution in [0.5, 0.6) is 0 Å². The van der Waals surface area contributed by atoms with Gasteiger partial charge in [0, 0.05) is 0 Å². The number of hydrogen-bond donors (Lipinski definition) is 0. The Hall–Kier alpha value is 0. The van der Waals surface area contributed by atoms with Crippen molar-refractivity contribution in [2.24, 2.45) is 41.4 Å². The fraction of sp³-hybridized carbons (Fsp3) is 1.00. The minimum absolute atomic E-state index is 0.924. The molecule has 0 spiro atoms. The molecule has 1 atom stereocenters. The van der Waals surface area contributed by atoms with E-state index in [0.717, 1.165) is 41.4 Å². The molecule has 0 radical (unpaired) electrons. The molecule has 0 bridgehead atoms. The van der Waals surface area contributed by atoms with Crippen molar-refractivity contribution < 1.29 is 0 Å². The zero-order chi connectivity index (χ0) is 14.8. The minimum Gasteiger partial charge on any atom is -0.0625 e. The van der Waals surface area contributed by atoms with E-state index < -0.39 is 0 Å². The predicted molar refractivity (Wildman–Crippen MR) is 92.2 cm³/mol. The van der Waals surface area contributed by atoms with Gasteiger partial charge in [0.15, 0.2) is 0 Å². The normalized spacial score (nSPS) is 40.0. The van der Waals surface area contributed by atoms with Crippen molar-refractivity contribution in [3.05, 3.63) is 0 Å². The Labute approximate surface area is 133 Å². The van der Waals surface area contributed by atoms with Crippen LogP contribution in [0.2, 0.25) is 0 Å². The molecule has 3 aliphatic rings. The maximum Gasteiger partial charge on any atom is -0.0334 e. The third kappa shape index (κ3) is 3.67. The fourth-order valence-electron chi connectivity index (χ4n) is 6.06. The van der Waals surface area contributed by atoms with Crippen LogP contribution < -0.4 is 0 Å². The molecule has 0 N–H and O–H groups in total. The summed E-state index contributed by atoms with van der Waals surface area (Å²) in [6.45, 7) is 7.45. The zero-order valence-electron chi connectivity index (χ0n) is 14.8. The molecule has 0 heterocycles. The predicted octanol–water partition coefficient (Wildman–Crippen LogP) is 6.69. The van der Waals surface area contributed by atoms with Crippen molar-refractivity contribution in [3.63, 3.8) is 0 Å². The lowest BCUT2D eigenvalue weighted by Crippen LogP contribution is -2.35. The van der Waals surface area contributed by atoms with Crippen LogP contribution in [0, 0.1) is 41.4 Å². The van der Waals surface area contributed by atoms with Gasteiger partial charge in [0.05, 0.1) is 0 Å². The van der Waals surface area contributed by atoms with Crippen LogP contribution in [-0.2, 0) is 0 Å². The first-order valence-corrected chi connectivity index (χ1v) is 10.1. The van der Waals surface area contributed by atoms with Crippen LogP contribution in [0.3, 0.4) is 0 Å². The average molecular weight is 291 g/mol. The minimum atomic E-state index is 0.924. The summed E-state index contributed by atoms with van der Waals surface area (Å²) in [5.74, 6) is 7.38. The largest absolute Gasteiger partial charge is 0.0625 e. The molecule has 0 saturated heterocycles. The Morgan fingerprint density at radius 2 is 1.10 bits per heavy atom. The zero-order valence-corrected chi connectivity index (χ0v) is 14.8. The number of hydrogen-bond acceptors (Lipinski definition) is 0. The summed E-state index contributed by atoms with van der Waals surface area (Å²) in [4.78, 5) is 0. The lowest BCUT2D eigenvalue weighted by atomic mass is 9.60. The highest BCUT2D eigenvalue weighted by Crippen LogP contribution is 2.48. The van der Waals surface area contributed by atoms with Crippen molar-refractivity contribution in [2.45, 2.75) is 91.4 Å². The van der Waals surface area contributed by atoms with Gasteiger partial charge in [-0.3, -0.25) is 0 Å². The topological polar surface area (TPSA) is 0 Å². The second-order valence-corrected chi connectivity index (χ2v) is 9.21. The summed E-state index contributed by atoms with van der Waals surface area (Å²) in [6.07, 6.45) is 17.0. The van der Waals surface area contributed by atoms with Gasteiger partial charge in [-0.25, -0.2) is 0 Å². The van der Waals surface area contributed by atoms with E-state index in [9.17, 15) is 0 Å². The van der Waals surface area contributed by atoms with E-state index in [2.05, 4.69) is 20.8 Å². The first-order chi connectivity index (χ1) is 10.1. The summed E-state index contributed by atoms with van der Waals surface area (Å²) in [7, 11) is 0. The lowest BCUT2D eigenvalue weighted by molar-refractivity contribution is 0.0529. The summed E-state index contributed by atoms with van der Waals surface area (Å²) < 4.78 is 0. The summed E-state index contributed by atoms with van der Waals surface area (Å²) in [5.41, 5.74) is 0. The van der Waals surface area contributed by atoms with Crippen LogP contribution in [0.1, 0.15) is 91.4 Å². The van der Waals surface area contributed by atoms with E-state index in [-0.39, 0.29) is 0 Å². The Morgan fingerprint density at radius 1 is 0.619 bits per heavy atom.